The molecule has 0 saturated carbocycles. The molecule has 0 fully saturated rings. The maximum absolute atomic E-state index is 11.7. The smallest absolute Gasteiger partial charge is 0.330 e. The fourth-order valence-corrected chi connectivity index (χ4v) is 1.34. The average Bonchev–Trinajstić information content (AvgIpc) is 2.29. The number of hydrogen-bond acceptors (Lipinski definition) is 3. The highest BCUT2D eigenvalue weighted by atomic mass is 35.5. The van der Waals surface area contributed by atoms with Gasteiger partial charge < -0.3 is 10.2 Å². The van der Waals surface area contributed by atoms with Crippen molar-refractivity contribution in [2.45, 2.75) is 6.04 Å². The Kier molecular flexibility index (Phi) is 4.28. The molecule has 1 rings (SSSR count). The number of aliphatic hydroxyl groups is 1. The van der Waals surface area contributed by atoms with E-state index in [-0.39, 0.29) is 5.56 Å². The summed E-state index contributed by atoms with van der Waals surface area (Å²) < 4.78 is 0.484. The van der Waals surface area contributed by atoms with Gasteiger partial charge in [-0.05, 0) is 12.1 Å². The van der Waals surface area contributed by atoms with Crippen molar-refractivity contribution in [3.63, 3.8) is 0 Å². The number of carboxylic acid groups (broad SMARTS) is 1. The lowest BCUT2D eigenvalue weighted by Crippen LogP contribution is -2.41. The van der Waals surface area contributed by atoms with Gasteiger partial charge in [0.1, 0.15) is 0 Å². The number of aliphatic hydroxyl groups excluding tert-OH is 1. The third-order valence-corrected chi connectivity index (χ3v) is 2.34. The quantitative estimate of drug-likeness (QED) is 0.765. The predicted octanol–water partition coefficient (Wildman–Crippen LogP) is 0.728. The van der Waals surface area contributed by atoms with E-state index in [0.717, 1.165) is 0 Å². The zero-order valence-electron chi connectivity index (χ0n) is 8.21. The minimum absolute atomic E-state index is 0.261. The summed E-state index contributed by atoms with van der Waals surface area (Å²) in [5.41, 5.74) is 0.261. The van der Waals surface area contributed by atoms with Crippen molar-refractivity contribution < 1.29 is 19.8 Å². The van der Waals surface area contributed by atoms with Crippen LogP contribution in [0.15, 0.2) is 30.3 Å². The van der Waals surface area contributed by atoms with Crippen LogP contribution >= 0.6 is 11.8 Å². The van der Waals surface area contributed by atoms with Gasteiger partial charge in [-0.2, -0.15) is 0 Å². The molecule has 1 unspecified atom stereocenters. The van der Waals surface area contributed by atoms with Gasteiger partial charge in [-0.15, -0.1) is 0 Å². The third-order valence-electron chi connectivity index (χ3n) is 1.95. The molecule has 0 aliphatic heterocycles. The van der Waals surface area contributed by atoms with Gasteiger partial charge in [0.15, 0.2) is 6.04 Å². The monoisotopic (exact) mass is 243 g/mol. The van der Waals surface area contributed by atoms with E-state index in [1.165, 1.54) is 12.1 Å². The molecule has 86 valence electrons. The van der Waals surface area contributed by atoms with Crippen molar-refractivity contribution in [3.05, 3.63) is 35.9 Å². The van der Waals surface area contributed by atoms with E-state index in [1.807, 2.05) is 0 Å². The molecule has 1 aromatic carbocycles. The topological polar surface area (TPSA) is 77.8 Å². The van der Waals surface area contributed by atoms with E-state index < -0.39 is 24.5 Å². The number of nitrogens with zero attached hydrogens (tertiary/aromatic N) is 1. The molecular weight excluding hydrogens is 234 g/mol. The molecule has 0 aliphatic carbocycles. The molecule has 0 heterocycles. The summed E-state index contributed by atoms with van der Waals surface area (Å²) in [7, 11) is 0. The third kappa shape index (κ3) is 2.71. The van der Waals surface area contributed by atoms with Gasteiger partial charge in [-0.3, -0.25) is 4.79 Å². The van der Waals surface area contributed by atoms with E-state index in [4.69, 9.17) is 22.0 Å². The first-order chi connectivity index (χ1) is 7.57. The predicted molar refractivity (Wildman–Crippen MR) is 57.0 cm³/mol. The minimum atomic E-state index is -1.45. The highest BCUT2D eigenvalue weighted by Crippen LogP contribution is 2.11. The molecule has 0 aromatic heterocycles. The number of rotatable bonds is 4. The van der Waals surface area contributed by atoms with Gasteiger partial charge in [-0.25, -0.2) is 9.21 Å². The highest BCUT2D eigenvalue weighted by molar-refractivity contribution is 6.25. The van der Waals surface area contributed by atoms with Gasteiger partial charge in [0.2, 0.25) is 0 Å². The Balaban J connectivity index is 2.86. The molecule has 6 heteroatoms. The minimum Gasteiger partial charge on any atom is -0.480 e. The van der Waals surface area contributed by atoms with Crippen LogP contribution in [-0.2, 0) is 4.79 Å². The molecule has 1 amide bonds. The Morgan fingerprint density at radius 2 is 1.88 bits per heavy atom. The summed E-state index contributed by atoms with van der Waals surface area (Å²) in [6.07, 6.45) is 0. The first-order valence-corrected chi connectivity index (χ1v) is 4.79. The second-order valence-electron chi connectivity index (χ2n) is 3.02. The molecule has 0 spiro atoms. The van der Waals surface area contributed by atoms with Crippen LogP contribution in [0, 0.1) is 0 Å². The summed E-state index contributed by atoms with van der Waals surface area (Å²) in [6, 6.07) is 6.55. The molecular formula is C10H10ClNO4. The number of benzene rings is 1. The Morgan fingerprint density at radius 3 is 2.31 bits per heavy atom. The zero-order valence-corrected chi connectivity index (χ0v) is 8.96. The largest absolute Gasteiger partial charge is 0.480 e. The van der Waals surface area contributed by atoms with Crippen LogP contribution < -0.4 is 0 Å². The maximum Gasteiger partial charge on any atom is 0.330 e. The molecule has 0 radical (unpaired) electrons. The van der Waals surface area contributed by atoms with Crippen molar-refractivity contribution in [2.75, 3.05) is 6.61 Å². The molecule has 0 bridgehead atoms. The lowest BCUT2D eigenvalue weighted by atomic mass is 10.2. The standard InChI is InChI=1S/C10H10ClNO4/c11-12(8(6-13)10(15)16)9(14)7-4-2-1-3-5-7/h1-5,8,13H,6H2,(H,15,16). The van der Waals surface area contributed by atoms with Crippen LogP contribution in [-0.4, -0.2) is 39.2 Å². The number of carboxylic acids is 1. The van der Waals surface area contributed by atoms with Crippen LogP contribution in [0.3, 0.4) is 0 Å². The van der Waals surface area contributed by atoms with E-state index in [1.54, 1.807) is 18.2 Å². The first kappa shape index (κ1) is 12.5. The molecule has 2 N–H and O–H groups in total. The van der Waals surface area contributed by atoms with Gasteiger partial charge in [0.25, 0.3) is 5.91 Å². The van der Waals surface area contributed by atoms with Crippen molar-refractivity contribution >= 4 is 23.7 Å². The molecule has 16 heavy (non-hydrogen) atoms. The fraction of sp³-hybridized carbons (Fsp3) is 0.200. The Bertz CT molecular complexity index is 382. The van der Waals surface area contributed by atoms with Gasteiger partial charge in [0.05, 0.1) is 6.61 Å². The van der Waals surface area contributed by atoms with E-state index in [9.17, 15) is 9.59 Å². The van der Waals surface area contributed by atoms with E-state index in [2.05, 4.69) is 0 Å². The summed E-state index contributed by atoms with van der Waals surface area (Å²) in [4.78, 5) is 22.3. The number of carbonyl (C=O) groups is 2. The maximum atomic E-state index is 11.7. The number of carbonyl (C=O) groups excluding carboxylic acids is 1. The summed E-state index contributed by atoms with van der Waals surface area (Å²) in [5, 5.41) is 17.5. The summed E-state index contributed by atoms with van der Waals surface area (Å²) in [5.74, 6) is -2.02. The van der Waals surface area contributed by atoms with Crippen LogP contribution in [0.5, 0.6) is 0 Å². The molecule has 1 atom stereocenters. The SMILES string of the molecule is O=C(O)C(CO)N(Cl)C(=O)c1ccccc1. The molecule has 1 aromatic rings. The van der Waals surface area contributed by atoms with Crippen LogP contribution in [0.4, 0.5) is 0 Å². The van der Waals surface area contributed by atoms with Crippen molar-refractivity contribution in [3.8, 4) is 0 Å². The zero-order chi connectivity index (χ0) is 12.1. The molecule has 0 saturated heterocycles. The number of amides is 1. The van der Waals surface area contributed by atoms with Gasteiger partial charge >= 0.3 is 5.97 Å². The van der Waals surface area contributed by atoms with Crippen LogP contribution in [0.25, 0.3) is 0 Å². The normalized spacial score (nSPS) is 11.9. The van der Waals surface area contributed by atoms with Crippen LogP contribution in [0.1, 0.15) is 10.4 Å². The second kappa shape index (κ2) is 5.48. The highest BCUT2D eigenvalue weighted by Gasteiger charge is 2.28. The fourth-order valence-electron chi connectivity index (χ4n) is 1.09. The molecule has 0 aliphatic rings. The van der Waals surface area contributed by atoms with Crippen molar-refractivity contribution in [2.24, 2.45) is 0 Å². The second-order valence-corrected chi connectivity index (χ2v) is 3.38. The first-order valence-electron chi connectivity index (χ1n) is 4.46. The number of hydrogen-bond donors (Lipinski definition) is 2. The van der Waals surface area contributed by atoms with Crippen molar-refractivity contribution in [1.29, 1.82) is 0 Å². The van der Waals surface area contributed by atoms with Crippen molar-refractivity contribution in [1.82, 2.24) is 4.42 Å². The summed E-state index contributed by atoms with van der Waals surface area (Å²) >= 11 is 5.57. The Hall–Kier alpha value is -1.59. The molecule has 5 nitrogen and oxygen atoms in total. The average molecular weight is 244 g/mol. The van der Waals surface area contributed by atoms with E-state index >= 15 is 0 Å². The van der Waals surface area contributed by atoms with Crippen LogP contribution in [0.2, 0.25) is 0 Å². The number of halogens is 1. The van der Waals surface area contributed by atoms with E-state index in [0.29, 0.717) is 4.42 Å². The number of aliphatic carboxylic acids is 1. The lowest BCUT2D eigenvalue weighted by molar-refractivity contribution is -0.142. The van der Waals surface area contributed by atoms with Gasteiger partial charge in [0, 0.05) is 17.3 Å². The Labute approximate surface area is 97.0 Å². The Morgan fingerprint density at radius 1 is 1.31 bits per heavy atom. The lowest BCUT2D eigenvalue weighted by Gasteiger charge is -2.19. The van der Waals surface area contributed by atoms with Gasteiger partial charge in [-0.1, -0.05) is 18.2 Å². The summed E-state index contributed by atoms with van der Waals surface area (Å²) in [6.45, 7) is -0.739.